The molecular formula is C10H11ClFNO. The maximum absolute atomic E-state index is 13.2. The molecule has 0 fully saturated rings. The average molecular weight is 216 g/mol. The molecule has 0 aromatic heterocycles. The highest BCUT2D eigenvalue weighted by Gasteiger charge is 2.07. The lowest BCUT2D eigenvalue weighted by Crippen LogP contribution is -2.10. The van der Waals surface area contributed by atoms with Gasteiger partial charge >= 0.3 is 0 Å². The van der Waals surface area contributed by atoms with Crippen LogP contribution in [0.15, 0.2) is 18.2 Å². The van der Waals surface area contributed by atoms with Crippen molar-refractivity contribution in [2.45, 2.75) is 12.8 Å². The number of carbonyl (C=O) groups is 1. The molecule has 4 heteroatoms. The summed E-state index contributed by atoms with van der Waals surface area (Å²) in [6.45, 7) is 0.300. The fourth-order valence-electron chi connectivity index (χ4n) is 1.13. The van der Waals surface area contributed by atoms with E-state index < -0.39 is 5.82 Å². The van der Waals surface area contributed by atoms with Gasteiger partial charge in [0.1, 0.15) is 11.6 Å². The van der Waals surface area contributed by atoms with Crippen molar-refractivity contribution in [3.05, 3.63) is 34.6 Å². The van der Waals surface area contributed by atoms with E-state index in [1.807, 2.05) is 0 Å². The Labute approximate surface area is 86.9 Å². The van der Waals surface area contributed by atoms with E-state index in [1.54, 1.807) is 6.07 Å². The summed E-state index contributed by atoms with van der Waals surface area (Å²) >= 11 is 5.57. The summed E-state index contributed by atoms with van der Waals surface area (Å²) in [7, 11) is 0. The lowest BCUT2D eigenvalue weighted by atomic mass is 10.1. The summed E-state index contributed by atoms with van der Waals surface area (Å²) in [4.78, 5) is 11.2. The number of rotatable bonds is 4. The van der Waals surface area contributed by atoms with E-state index >= 15 is 0 Å². The zero-order valence-electron chi connectivity index (χ0n) is 7.59. The van der Waals surface area contributed by atoms with Gasteiger partial charge in [-0.1, -0.05) is 17.7 Å². The zero-order chi connectivity index (χ0) is 10.6. The maximum Gasteiger partial charge on any atom is 0.138 e. The van der Waals surface area contributed by atoms with Crippen LogP contribution in [-0.4, -0.2) is 12.3 Å². The smallest absolute Gasteiger partial charge is 0.138 e. The largest absolute Gasteiger partial charge is 0.330 e. The zero-order valence-corrected chi connectivity index (χ0v) is 8.35. The standard InChI is InChI=1S/C10H11ClFNO/c11-8-2-1-7(10(12)6-8)5-9(14)3-4-13/h1-2,6H,3-5,13H2. The Kier molecular flexibility index (Phi) is 4.04. The summed E-state index contributed by atoms with van der Waals surface area (Å²) in [6.07, 6.45) is 0.363. The number of ketones is 1. The first-order valence-electron chi connectivity index (χ1n) is 4.29. The third-order valence-corrected chi connectivity index (χ3v) is 2.06. The Morgan fingerprint density at radius 3 is 2.79 bits per heavy atom. The highest BCUT2D eigenvalue weighted by atomic mass is 35.5. The molecule has 1 aromatic carbocycles. The first-order chi connectivity index (χ1) is 6.63. The van der Waals surface area contributed by atoms with Crippen molar-refractivity contribution in [2.24, 2.45) is 5.73 Å². The molecule has 1 aromatic rings. The highest BCUT2D eigenvalue weighted by molar-refractivity contribution is 6.30. The van der Waals surface area contributed by atoms with Gasteiger partial charge in [-0.25, -0.2) is 4.39 Å². The molecule has 76 valence electrons. The number of Topliss-reactive ketones (excluding diaryl/α,β-unsaturated/α-hetero) is 1. The van der Waals surface area contributed by atoms with E-state index in [2.05, 4.69) is 0 Å². The van der Waals surface area contributed by atoms with E-state index in [4.69, 9.17) is 17.3 Å². The molecule has 0 heterocycles. The molecule has 0 aliphatic carbocycles. The predicted octanol–water partition coefficient (Wildman–Crippen LogP) is 1.94. The third kappa shape index (κ3) is 3.09. The molecule has 0 bridgehead atoms. The molecule has 0 saturated heterocycles. The SMILES string of the molecule is NCCC(=O)Cc1ccc(Cl)cc1F. The quantitative estimate of drug-likeness (QED) is 0.834. The van der Waals surface area contributed by atoms with Crippen LogP contribution in [-0.2, 0) is 11.2 Å². The van der Waals surface area contributed by atoms with Crippen molar-refractivity contribution >= 4 is 17.4 Å². The van der Waals surface area contributed by atoms with E-state index in [9.17, 15) is 9.18 Å². The second-order valence-corrected chi connectivity index (χ2v) is 3.43. The number of nitrogens with two attached hydrogens (primary N) is 1. The molecule has 0 saturated carbocycles. The van der Waals surface area contributed by atoms with Gasteiger partial charge in [-0.05, 0) is 24.2 Å². The lowest BCUT2D eigenvalue weighted by Gasteiger charge is -2.02. The van der Waals surface area contributed by atoms with E-state index in [0.29, 0.717) is 17.1 Å². The van der Waals surface area contributed by atoms with Gasteiger partial charge in [0, 0.05) is 17.9 Å². The van der Waals surface area contributed by atoms with Crippen LogP contribution in [0.2, 0.25) is 5.02 Å². The minimum absolute atomic E-state index is 0.0614. The lowest BCUT2D eigenvalue weighted by molar-refractivity contribution is -0.118. The molecule has 1 rings (SSSR count). The Morgan fingerprint density at radius 1 is 1.50 bits per heavy atom. The molecule has 0 atom stereocenters. The van der Waals surface area contributed by atoms with Crippen LogP contribution in [0.5, 0.6) is 0 Å². The van der Waals surface area contributed by atoms with Crippen molar-refractivity contribution in [3.63, 3.8) is 0 Å². The van der Waals surface area contributed by atoms with Gasteiger partial charge in [-0.2, -0.15) is 0 Å². The second-order valence-electron chi connectivity index (χ2n) is 2.99. The second kappa shape index (κ2) is 5.08. The van der Waals surface area contributed by atoms with Crippen molar-refractivity contribution in [3.8, 4) is 0 Å². The van der Waals surface area contributed by atoms with Crippen LogP contribution >= 0.6 is 11.6 Å². The number of hydrogen-bond donors (Lipinski definition) is 1. The summed E-state index contributed by atoms with van der Waals surface area (Å²) < 4.78 is 13.2. The summed E-state index contributed by atoms with van der Waals surface area (Å²) in [5.74, 6) is -0.503. The Hall–Kier alpha value is -0.930. The van der Waals surface area contributed by atoms with Gasteiger partial charge in [0.2, 0.25) is 0 Å². The fraction of sp³-hybridized carbons (Fsp3) is 0.300. The molecule has 0 aliphatic rings. The van der Waals surface area contributed by atoms with E-state index in [-0.39, 0.29) is 18.6 Å². The molecule has 0 aliphatic heterocycles. The minimum atomic E-state index is -0.442. The molecule has 2 nitrogen and oxygen atoms in total. The number of benzene rings is 1. The van der Waals surface area contributed by atoms with Gasteiger partial charge in [0.15, 0.2) is 0 Å². The average Bonchev–Trinajstić information content (AvgIpc) is 2.10. The van der Waals surface area contributed by atoms with Crippen LogP contribution < -0.4 is 5.73 Å². The summed E-state index contributed by atoms with van der Waals surface area (Å²) in [5, 5.41) is 0.331. The van der Waals surface area contributed by atoms with Crippen molar-refractivity contribution < 1.29 is 9.18 Å². The number of carbonyl (C=O) groups excluding carboxylic acids is 1. The van der Waals surface area contributed by atoms with E-state index in [1.165, 1.54) is 12.1 Å². The monoisotopic (exact) mass is 215 g/mol. The Balaban J connectivity index is 2.72. The van der Waals surface area contributed by atoms with E-state index in [0.717, 1.165) is 0 Å². The van der Waals surface area contributed by atoms with Crippen LogP contribution in [0.3, 0.4) is 0 Å². The summed E-state index contributed by atoms with van der Waals surface area (Å²) in [6, 6.07) is 4.29. The van der Waals surface area contributed by atoms with Crippen LogP contribution in [0.25, 0.3) is 0 Å². The van der Waals surface area contributed by atoms with Gasteiger partial charge in [-0.15, -0.1) is 0 Å². The van der Waals surface area contributed by atoms with Crippen molar-refractivity contribution in [1.82, 2.24) is 0 Å². The third-order valence-electron chi connectivity index (χ3n) is 1.83. The predicted molar refractivity (Wildman–Crippen MR) is 53.8 cm³/mol. The number of hydrogen-bond acceptors (Lipinski definition) is 2. The Morgan fingerprint density at radius 2 is 2.21 bits per heavy atom. The minimum Gasteiger partial charge on any atom is -0.330 e. The van der Waals surface area contributed by atoms with Crippen LogP contribution in [0.1, 0.15) is 12.0 Å². The molecule has 0 unspecified atom stereocenters. The van der Waals surface area contributed by atoms with Crippen molar-refractivity contribution in [1.29, 1.82) is 0 Å². The molecule has 0 spiro atoms. The van der Waals surface area contributed by atoms with Crippen molar-refractivity contribution in [2.75, 3.05) is 6.54 Å². The van der Waals surface area contributed by atoms with Crippen LogP contribution in [0, 0.1) is 5.82 Å². The first-order valence-corrected chi connectivity index (χ1v) is 4.67. The molecule has 2 N–H and O–H groups in total. The van der Waals surface area contributed by atoms with Gasteiger partial charge < -0.3 is 5.73 Å². The molecule has 0 radical (unpaired) electrons. The van der Waals surface area contributed by atoms with Gasteiger partial charge in [0.05, 0.1) is 0 Å². The number of halogens is 2. The van der Waals surface area contributed by atoms with Gasteiger partial charge in [0.25, 0.3) is 0 Å². The normalized spacial score (nSPS) is 10.2. The molecule has 0 amide bonds. The molecular weight excluding hydrogens is 205 g/mol. The Bertz CT molecular complexity index is 341. The molecule has 14 heavy (non-hydrogen) atoms. The first kappa shape index (κ1) is 11.1. The summed E-state index contributed by atoms with van der Waals surface area (Å²) in [5.41, 5.74) is 5.58. The van der Waals surface area contributed by atoms with Gasteiger partial charge in [-0.3, -0.25) is 4.79 Å². The maximum atomic E-state index is 13.2. The highest BCUT2D eigenvalue weighted by Crippen LogP contribution is 2.15. The van der Waals surface area contributed by atoms with Crippen LogP contribution in [0.4, 0.5) is 4.39 Å². The fourth-order valence-corrected chi connectivity index (χ4v) is 1.29. The topological polar surface area (TPSA) is 43.1 Å².